The third-order valence-electron chi connectivity index (χ3n) is 4.04. The molecule has 0 saturated carbocycles. The van der Waals surface area contributed by atoms with E-state index < -0.39 is 5.97 Å². The lowest BCUT2D eigenvalue weighted by Gasteiger charge is -2.28. The minimum absolute atomic E-state index is 0.214. The average molecular weight is 320 g/mol. The highest BCUT2D eigenvalue weighted by molar-refractivity contribution is 5.91. The fourth-order valence-corrected chi connectivity index (χ4v) is 2.73. The van der Waals surface area contributed by atoms with E-state index in [1.807, 2.05) is 24.3 Å². The molecule has 1 aliphatic rings. The van der Waals surface area contributed by atoms with Crippen LogP contribution in [0.2, 0.25) is 0 Å². The van der Waals surface area contributed by atoms with Gasteiger partial charge in [-0.3, -0.25) is 4.79 Å². The van der Waals surface area contributed by atoms with E-state index >= 15 is 0 Å². The SMILES string of the molecule is N#Cc1cccc(C(=O)OCC(=O)N2CCc3ccccc3C2)c1. The molecular weight excluding hydrogens is 304 g/mol. The van der Waals surface area contributed by atoms with Crippen molar-refractivity contribution in [2.45, 2.75) is 13.0 Å². The number of amides is 1. The van der Waals surface area contributed by atoms with Crippen molar-refractivity contribution in [2.75, 3.05) is 13.2 Å². The van der Waals surface area contributed by atoms with Gasteiger partial charge in [-0.05, 0) is 35.7 Å². The Labute approximate surface area is 140 Å². The molecule has 24 heavy (non-hydrogen) atoms. The average Bonchev–Trinajstić information content (AvgIpc) is 2.65. The Kier molecular flexibility index (Phi) is 4.57. The molecule has 0 saturated heterocycles. The summed E-state index contributed by atoms with van der Waals surface area (Å²) in [6.07, 6.45) is 0.806. The van der Waals surface area contributed by atoms with Crippen LogP contribution in [0.3, 0.4) is 0 Å². The number of benzene rings is 2. The molecule has 3 rings (SSSR count). The molecule has 0 N–H and O–H groups in total. The molecule has 0 fully saturated rings. The van der Waals surface area contributed by atoms with E-state index in [1.165, 1.54) is 11.6 Å². The number of nitriles is 1. The molecular formula is C19H16N2O3. The van der Waals surface area contributed by atoms with Gasteiger partial charge in [0.25, 0.3) is 5.91 Å². The van der Waals surface area contributed by atoms with Crippen LogP contribution in [0.25, 0.3) is 0 Å². The van der Waals surface area contributed by atoms with E-state index in [4.69, 9.17) is 10.00 Å². The van der Waals surface area contributed by atoms with Crippen molar-refractivity contribution in [2.24, 2.45) is 0 Å². The van der Waals surface area contributed by atoms with Gasteiger partial charge in [0.05, 0.1) is 17.2 Å². The zero-order valence-electron chi connectivity index (χ0n) is 13.1. The van der Waals surface area contributed by atoms with Crippen LogP contribution < -0.4 is 0 Å². The van der Waals surface area contributed by atoms with Crippen molar-refractivity contribution in [1.29, 1.82) is 5.26 Å². The third-order valence-corrected chi connectivity index (χ3v) is 4.04. The van der Waals surface area contributed by atoms with E-state index in [9.17, 15) is 9.59 Å². The Bertz CT molecular complexity index is 823. The van der Waals surface area contributed by atoms with Gasteiger partial charge in [-0.15, -0.1) is 0 Å². The van der Waals surface area contributed by atoms with Crippen LogP contribution >= 0.6 is 0 Å². The molecule has 1 heterocycles. The zero-order chi connectivity index (χ0) is 16.9. The summed E-state index contributed by atoms with van der Waals surface area (Å²) < 4.78 is 5.09. The largest absolute Gasteiger partial charge is 0.452 e. The third kappa shape index (κ3) is 3.44. The van der Waals surface area contributed by atoms with Gasteiger partial charge in [0.1, 0.15) is 0 Å². The normalized spacial score (nSPS) is 12.9. The maximum atomic E-state index is 12.3. The number of carbonyl (C=O) groups excluding carboxylic acids is 2. The van der Waals surface area contributed by atoms with E-state index in [-0.39, 0.29) is 18.1 Å². The Balaban J connectivity index is 1.58. The Morgan fingerprint density at radius 3 is 2.71 bits per heavy atom. The van der Waals surface area contributed by atoms with Crippen LogP contribution in [-0.4, -0.2) is 29.9 Å². The van der Waals surface area contributed by atoms with Gasteiger partial charge >= 0.3 is 5.97 Å². The molecule has 5 nitrogen and oxygen atoms in total. The fourth-order valence-electron chi connectivity index (χ4n) is 2.73. The van der Waals surface area contributed by atoms with Crippen molar-refractivity contribution in [3.8, 4) is 6.07 Å². The summed E-state index contributed by atoms with van der Waals surface area (Å²) in [5.41, 5.74) is 3.03. The van der Waals surface area contributed by atoms with Gasteiger partial charge < -0.3 is 9.64 Å². The number of nitrogens with zero attached hydrogens (tertiary/aromatic N) is 2. The van der Waals surface area contributed by atoms with Gasteiger partial charge in [-0.25, -0.2) is 4.79 Å². The number of carbonyl (C=O) groups is 2. The molecule has 0 bridgehead atoms. The van der Waals surface area contributed by atoms with Gasteiger partial charge in [0, 0.05) is 13.1 Å². The molecule has 2 aromatic carbocycles. The van der Waals surface area contributed by atoms with E-state index in [1.54, 1.807) is 23.1 Å². The second kappa shape index (κ2) is 6.97. The molecule has 0 aliphatic carbocycles. The van der Waals surface area contributed by atoms with E-state index in [0.717, 1.165) is 12.0 Å². The summed E-state index contributed by atoms with van der Waals surface area (Å²) in [7, 11) is 0. The van der Waals surface area contributed by atoms with Crippen molar-refractivity contribution in [3.63, 3.8) is 0 Å². The lowest BCUT2D eigenvalue weighted by Crippen LogP contribution is -2.38. The number of ether oxygens (including phenoxy) is 1. The van der Waals surface area contributed by atoms with Crippen LogP contribution in [0.15, 0.2) is 48.5 Å². The highest BCUT2D eigenvalue weighted by Gasteiger charge is 2.21. The number of fused-ring (bicyclic) bond motifs is 1. The number of rotatable bonds is 3. The minimum atomic E-state index is -0.599. The van der Waals surface area contributed by atoms with Crippen molar-refractivity contribution in [3.05, 3.63) is 70.8 Å². The Morgan fingerprint density at radius 2 is 1.92 bits per heavy atom. The smallest absolute Gasteiger partial charge is 0.338 e. The summed E-state index contributed by atoms with van der Waals surface area (Å²) in [5.74, 6) is -0.813. The number of hydrogen-bond acceptors (Lipinski definition) is 4. The van der Waals surface area contributed by atoms with Crippen molar-refractivity contribution >= 4 is 11.9 Å². The number of esters is 1. The van der Waals surface area contributed by atoms with Gasteiger partial charge in [-0.2, -0.15) is 5.26 Å². The highest BCUT2D eigenvalue weighted by atomic mass is 16.5. The minimum Gasteiger partial charge on any atom is -0.452 e. The summed E-state index contributed by atoms with van der Waals surface area (Å²) in [4.78, 5) is 26.0. The zero-order valence-corrected chi connectivity index (χ0v) is 13.1. The predicted octanol–water partition coefficient (Wildman–Crippen LogP) is 2.30. The summed E-state index contributed by atoms with van der Waals surface area (Å²) >= 11 is 0. The van der Waals surface area contributed by atoms with E-state index in [2.05, 4.69) is 6.07 Å². The molecule has 0 radical (unpaired) electrons. The monoisotopic (exact) mass is 320 g/mol. The van der Waals surface area contributed by atoms with Crippen LogP contribution in [0.1, 0.15) is 27.0 Å². The highest BCUT2D eigenvalue weighted by Crippen LogP contribution is 2.18. The van der Waals surface area contributed by atoms with Gasteiger partial charge in [-0.1, -0.05) is 30.3 Å². The fraction of sp³-hybridized carbons (Fsp3) is 0.211. The predicted molar refractivity (Wildman–Crippen MR) is 87.0 cm³/mol. The first-order valence-corrected chi connectivity index (χ1v) is 7.69. The summed E-state index contributed by atoms with van der Waals surface area (Å²) in [5, 5.41) is 8.85. The van der Waals surface area contributed by atoms with Crippen molar-refractivity contribution in [1.82, 2.24) is 4.90 Å². The first kappa shape index (κ1) is 15.8. The van der Waals surface area contributed by atoms with Crippen LogP contribution in [-0.2, 0) is 22.5 Å². The molecule has 0 aromatic heterocycles. The number of hydrogen-bond donors (Lipinski definition) is 0. The molecule has 0 spiro atoms. The summed E-state index contributed by atoms with van der Waals surface area (Å²) in [6, 6.07) is 16.2. The molecule has 1 amide bonds. The molecule has 0 atom stereocenters. The van der Waals surface area contributed by atoms with Gasteiger partial charge in [0.2, 0.25) is 0 Å². The van der Waals surface area contributed by atoms with Gasteiger partial charge in [0.15, 0.2) is 6.61 Å². The quantitative estimate of drug-likeness (QED) is 0.814. The van der Waals surface area contributed by atoms with Crippen molar-refractivity contribution < 1.29 is 14.3 Å². The molecule has 2 aromatic rings. The molecule has 120 valence electrons. The topological polar surface area (TPSA) is 70.4 Å². The lowest BCUT2D eigenvalue weighted by molar-refractivity contribution is -0.135. The second-order valence-electron chi connectivity index (χ2n) is 5.60. The molecule has 0 unspecified atom stereocenters. The molecule has 5 heteroatoms. The Hall–Kier alpha value is -3.13. The maximum Gasteiger partial charge on any atom is 0.338 e. The van der Waals surface area contributed by atoms with Crippen LogP contribution in [0.5, 0.6) is 0 Å². The maximum absolute atomic E-state index is 12.3. The Morgan fingerprint density at radius 1 is 1.12 bits per heavy atom. The second-order valence-corrected chi connectivity index (χ2v) is 5.60. The molecule has 1 aliphatic heterocycles. The first-order chi connectivity index (χ1) is 11.7. The standard InChI is InChI=1S/C19H16N2O3/c20-11-14-4-3-7-16(10-14)19(23)24-13-18(22)21-9-8-15-5-1-2-6-17(15)12-21/h1-7,10H,8-9,12-13H2. The van der Waals surface area contributed by atoms with Crippen LogP contribution in [0, 0.1) is 11.3 Å². The first-order valence-electron chi connectivity index (χ1n) is 7.69. The lowest BCUT2D eigenvalue weighted by atomic mass is 10.00. The van der Waals surface area contributed by atoms with E-state index in [0.29, 0.717) is 18.7 Å². The van der Waals surface area contributed by atoms with Crippen LogP contribution in [0.4, 0.5) is 0 Å². The summed E-state index contributed by atoms with van der Waals surface area (Å²) in [6.45, 7) is 0.867.